The van der Waals surface area contributed by atoms with E-state index in [4.69, 9.17) is 5.73 Å². The van der Waals surface area contributed by atoms with Gasteiger partial charge in [-0.2, -0.15) is 0 Å². The first kappa shape index (κ1) is 13.7. The highest BCUT2D eigenvalue weighted by atomic mass is 32.1. The number of benzene rings is 1. The molecule has 3 nitrogen and oxygen atoms in total. The van der Waals surface area contributed by atoms with Crippen LogP contribution in [0.4, 0.5) is 0 Å². The summed E-state index contributed by atoms with van der Waals surface area (Å²) in [6.45, 7) is 6.87. The largest absolute Gasteiger partial charge is 0.329 e. The summed E-state index contributed by atoms with van der Waals surface area (Å²) in [5.41, 5.74) is 10.0. The Labute approximate surface area is 124 Å². The normalized spacial score (nSPS) is 19.1. The van der Waals surface area contributed by atoms with Crippen LogP contribution in [0.5, 0.6) is 0 Å². The number of thiazole rings is 1. The van der Waals surface area contributed by atoms with Gasteiger partial charge in [-0.15, -0.1) is 11.3 Å². The molecule has 0 aliphatic carbocycles. The molecule has 0 fully saturated rings. The number of hydrogen-bond donors (Lipinski definition) is 1. The molecule has 1 atom stereocenters. The third-order valence-electron chi connectivity index (χ3n) is 4.16. The van der Waals surface area contributed by atoms with Gasteiger partial charge in [-0.25, -0.2) is 4.98 Å². The van der Waals surface area contributed by atoms with Crippen LogP contribution < -0.4 is 5.73 Å². The molecular weight excluding hydrogens is 266 g/mol. The Morgan fingerprint density at radius 1 is 1.35 bits per heavy atom. The van der Waals surface area contributed by atoms with Crippen molar-refractivity contribution in [3.8, 4) is 0 Å². The number of nitrogens with two attached hydrogens (primary N) is 1. The van der Waals surface area contributed by atoms with Crippen LogP contribution in [0.25, 0.3) is 0 Å². The molecule has 0 bridgehead atoms. The van der Waals surface area contributed by atoms with Gasteiger partial charge in [0.2, 0.25) is 0 Å². The molecule has 2 aromatic rings. The molecule has 1 aliphatic rings. The number of hydrogen-bond acceptors (Lipinski definition) is 4. The van der Waals surface area contributed by atoms with Gasteiger partial charge in [-0.05, 0) is 31.4 Å². The van der Waals surface area contributed by atoms with Crippen molar-refractivity contribution < 1.29 is 0 Å². The minimum absolute atomic E-state index is 0.324. The van der Waals surface area contributed by atoms with Gasteiger partial charge in [0.15, 0.2) is 0 Å². The van der Waals surface area contributed by atoms with E-state index >= 15 is 0 Å². The van der Waals surface area contributed by atoms with Gasteiger partial charge in [-0.3, -0.25) is 4.90 Å². The molecule has 0 amide bonds. The second-order valence-electron chi connectivity index (χ2n) is 5.42. The van der Waals surface area contributed by atoms with Crippen LogP contribution in [0.1, 0.15) is 32.7 Å². The quantitative estimate of drug-likeness (QED) is 0.944. The van der Waals surface area contributed by atoms with Gasteiger partial charge in [0, 0.05) is 24.0 Å². The molecule has 3 rings (SSSR count). The summed E-state index contributed by atoms with van der Waals surface area (Å²) in [4.78, 5) is 8.46. The number of aryl methyl sites for hydroxylation is 2. The molecule has 0 radical (unpaired) electrons. The molecule has 1 aliphatic heterocycles. The lowest BCUT2D eigenvalue weighted by atomic mass is 9.92. The molecule has 0 saturated carbocycles. The van der Waals surface area contributed by atoms with Crippen molar-refractivity contribution in [2.45, 2.75) is 32.9 Å². The van der Waals surface area contributed by atoms with Gasteiger partial charge in [0.25, 0.3) is 0 Å². The maximum Gasteiger partial charge on any atom is 0.107 e. The minimum Gasteiger partial charge on any atom is -0.329 e. The average Bonchev–Trinajstić information content (AvgIpc) is 2.77. The van der Waals surface area contributed by atoms with E-state index in [-0.39, 0.29) is 0 Å². The first-order valence-electron chi connectivity index (χ1n) is 7.14. The average molecular weight is 287 g/mol. The van der Waals surface area contributed by atoms with Crippen LogP contribution in [0.15, 0.2) is 24.3 Å². The molecular formula is C16H21N3S. The van der Waals surface area contributed by atoms with Crippen molar-refractivity contribution in [1.82, 2.24) is 9.88 Å². The van der Waals surface area contributed by atoms with E-state index < -0.39 is 0 Å². The van der Waals surface area contributed by atoms with Crippen molar-refractivity contribution in [3.63, 3.8) is 0 Å². The van der Waals surface area contributed by atoms with Crippen LogP contribution in [0, 0.1) is 13.8 Å². The zero-order valence-corrected chi connectivity index (χ0v) is 12.9. The zero-order valence-electron chi connectivity index (χ0n) is 12.1. The summed E-state index contributed by atoms with van der Waals surface area (Å²) >= 11 is 1.81. The third kappa shape index (κ3) is 2.51. The summed E-state index contributed by atoms with van der Waals surface area (Å²) in [5.74, 6) is 0. The maximum atomic E-state index is 6.04. The predicted octanol–water partition coefficient (Wildman–Crippen LogP) is 2.82. The Hall–Kier alpha value is -1.23. The lowest BCUT2D eigenvalue weighted by molar-refractivity contribution is 0.180. The third-order valence-corrected chi connectivity index (χ3v) is 5.22. The van der Waals surface area contributed by atoms with Crippen LogP contribution in [0.3, 0.4) is 0 Å². The highest BCUT2D eigenvalue weighted by molar-refractivity contribution is 7.11. The van der Waals surface area contributed by atoms with Gasteiger partial charge in [0.05, 0.1) is 12.2 Å². The van der Waals surface area contributed by atoms with Crippen molar-refractivity contribution in [2.75, 3.05) is 13.1 Å². The zero-order chi connectivity index (χ0) is 14.1. The Balaban J connectivity index is 1.84. The lowest BCUT2D eigenvalue weighted by Gasteiger charge is -2.36. The number of rotatable bonds is 3. The molecule has 1 aromatic heterocycles. The van der Waals surface area contributed by atoms with Gasteiger partial charge in [0.1, 0.15) is 5.01 Å². The maximum absolute atomic E-state index is 6.04. The van der Waals surface area contributed by atoms with E-state index in [1.807, 2.05) is 11.3 Å². The Kier molecular flexibility index (Phi) is 3.87. The highest BCUT2D eigenvalue weighted by Crippen LogP contribution is 2.31. The first-order valence-corrected chi connectivity index (χ1v) is 7.95. The molecule has 2 heterocycles. The monoisotopic (exact) mass is 287 g/mol. The number of nitrogens with zero attached hydrogens (tertiary/aromatic N) is 2. The van der Waals surface area contributed by atoms with Crippen LogP contribution in [-0.2, 0) is 13.0 Å². The Bertz CT molecular complexity index is 586. The van der Waals surface area contributed by atoms with Gasteiger partial charge in [-0.1, -0.05) is 24.3 Å². The van der Waals surface area contributed by atoms with E-state index in [2.05, 4.69) is 48.0 Å². The van der Waals surface area contributed by atoms with Crippen molar-refractivity contribution >= 4 is 11.3 Å². The summed E-state index contributed by atoms with van der Waals surface area (Å²) in [6.07, 6.45) is 1.11. The number of aromatic nitrogens is 1. The summed E-state index contributed by atoms with van der Waals surface area (Å²) in [5, 5.41) is 1.21. The predicted molar refractivity (Wildman–Crippen MR) is 83.9 cm³/mol. The SMILES string of the molecule is Cc1nc(CN2CCc3ccccc3C2CN)sc1C. The van der Waals surface area contributed by atoms with Crippen molar-refractivity contribution in [2.24, 2.45) is 5.73 Å². The molecule has 20 heavy (non-hydrogen) atoms. The molecule has 0 spiro atoms. The first-order chi connectivity index (χ1) is 9.69. The molecule has 1 unspecified atom stereocenters. The van der Waals surface area contributed by atoms with E-state index in [0.717, 1.165) is 25.2 Å². The molecule has 2 N–H and O–H groups in total. The van der Waals surface area contributed by atoms with Gasteiger partial charge < -0.3 is 5.73 Å². The van der Waals surface area contributed by atoms with Crippen LogP contribution in [-0.4, -0.2) is 23.0 Å². The van der Waals surface area contributed by atoms with E-state index in [1.165, 1.54) is 21.0 Å². The fourth-order valence-electron chi connectivity index (χ4n) is 2.95. The summed E-state index contributed by atoms with van der Waals surface area (Å²) in [7, 11) is 0. The second-order valence-corrected chi connectivity index (χ2v) is 6.71. The van der Waals surface area contributed by atoms with Crippen molar-refractivity contribution in [3.05, 3.63) is 51.0 Å². The van der Waals surface area contributed by atoms with Crippen LogP contribution in [0.2, 0.25) is 0 Å². The standard InChI is InChI=1S/C16H21N3S/c1-11-12(2)20-16(18-11)10-19-8-7-13-5-3-4-6-14(13)15(19)9-17/h3-6,15H,7-10,17H2,1-2H3. The fourth-order valence-corrected chi connectivity index (χ4v) is 3.91. The summed E-state index contributed by atoms with van der Waals surface area (Å²) < 4.78 is 0. The van der Waals surface area contributed by atoms with E-state index in [1.54, 1.807) is 0 Å². The molecule has 1 aromatic carbocycles. The molecule has 4 heteroatoms. The smallest absolute Gasteiger partial charge is 0.107 e. The second kappa shape index (κ2) is 5.64. The fraction of sp³-hybridized carbons (Fsp3) is 0.438. The Morgan fingerprint density at radius 3 is 2.85 bits per heavy atom. The lowest BCUT2D eigenvalue weighted by Crippen LogP contribution is -2.38. The topological polar surface area (TPSA) is 42.2 Å². The van der Waals surface area contributed by atoms with E-state index in [0.29, 0.717) is 12.6 Å². The minimum atomic E-state index is 0.324. The van der Waals surface area contributed by atoms with Crippen LogP contribution >= 0.6 is 11.3 Å². The molecule has 0 saturated heterocycles. The van der Waals surface area contributed by atoms with E-state index in [9.17, 15) is 0 Å². The highest BCUT2D eigenvalue weighted by Gasteiger charge is 2.26. The Morgan fingerprint density at radius 2 is 2.15 bits per heavy atom. The van der Waals surface area contributed by atoms with Gasteiger partial charge >= 0.3 is 0 Å². The molecule has 106 valence electrons. The number of fused-ring (bicyclic) bond motifs is 1. The van der Waals surface area contributed by atoms with Crippen molar-refractivity contribution in [1.29, 1.82) is 0 Å². The summed E-state index contributed by atoms with van der Waals surface area (Å²) in [6, 6.07) is 9.01.